The first-order chi connectivity index (χ1) is 13.0. The number of aryl methyl sites for hydroxylation is 2. The normalized spacial score (nSPS) is 11.9. The minimum atomic E-state index is -4.57. The van der Waals surface area contributed by atoms with Crippen molar-refractivity contribution < 1.29 is 26.4 Å². The smallest absolute Gasteiger partial charge is 0.298 e. The molecule has 2 rings (SSSR count). The monoisotopic (exact) mass is 415 g/mol. The van der Waals surface area contributed by atoms with Crippen LogP contribution in [0.25, 0.3) is 0 Å². The first kappa shape index (κ1) is 21.7. The molecule has 0 heterocycles. The molecule has 28 heavy (non-hydrogen) atoms. The number of hydrazine groups is 1. The second kappa shape index (κ2) is 8.61. The van der Waals surface area contributed by atoms with Gasteiger partial charge in [0, 0.05) is 13.0 Å². The predicted molar refractivity (Wildman–Crippen MR) is 98.9 cm³/mol. The number of amides is 1. The fourth-order valence-corrected chi connectivity index (χ4v) is 3.42. The van der Waals surface area contributed by atoms with E-state index in [1.165, 1.54) is 30.3 Å². The van der Waals surface area contributed by atoms with Gasteiger partial charge in [-0.15, -0.1) is 0 Å². The molecule has 0 bridgehead atoms. The van der Waals surface area contributed by atoms with E-state index in [1.807, 2.05) is 6.92 Å². The van der Waals surface area contributed by atoms with Crippen molar-refractivity contribution in [3.63, 3.8) is 0 Å². The molecule has 0 aliphatic carbocycles. The summed E-state index contributed by atoms with van der Waals surface area (Å²) in [4.78, 5) is 11.9. The van der Waals surface area contributed by atoms with Crippen molar-refractivity contribution in [1.82, 2.24) is 10.1 Å². The van der Waals surface area contributed by atoms with E-state index >= 15 is 0 Å². The molecule has 0 fully saturated rings. The number of para-hydroxylation sites is 1. The highest BCUT2D eigenvalue weighted by atomic mass is 32.2. The highest BCUT2D eigenvalue weighted by Crippen LogP contribution is 2.34. The molecule has 0 aromatic heterocycles. The maximum atomic E-state index is 12.9. The van der Waals surface area contributed by atoms with Crippen LogP contribution in [0.4, 0.5) is 18.9 Å². The zero-order valence-electron chi connectivity index (χ0n) is 15.2. The second-order valence-electron chi connectivity index (χ2n) is 6.11. The van der Waals surface area contributed by atoms with Gasteiger partial charge in [0.25, 0.3) is 0 Å². The first-order valence-electron chi connectivity index (χ1n) is 8.29. The number of alkyl halides is 3. The van der Waals surface area contributed by atoms with Crippen LogP contribution in [0, 0.1) is 13.8 Å². The Labute approximate surface area is 161 Å². The Bertz CT molecular complexity index is 960. The lowest BCUT2D eigenvalue weighted by Gasteiger charge is -2.15. The van der Waals surface area contributed by atoms with Crippen LogP contribution in [0.3, 0.4) is 0 Å². The van der Waals surface area contributed by atoms with Gasteiger partial charge in [-0.05, 0) is 49.2 Å². The van der Waals surface area contributed by atoms with E-state index < -0.39 is 27.7 Å². The SMILES string of the molecule is Cc1ccc(S(=O)(=O)NCCC(=O)NNc2ccccc2C(F)(F)F)cc1C. The maximum Gasteiger partial charge on any atom is 0.418 e. The van der Waals surface area contributed by atoms with E-state index in [1.54, 1.807) is 13.0 Å². The molecular formula is C18H20F3N3O3S. The molecule has 6 nitrogen and oxygen atoms in total. The molecule has 0 saturated heterocycles. The van der Waals surface area contributed by atoms with Gasteiger partial charge >= 0.3 is 6.18 Å². The van der Waals surface area contributed by atoms with E-state index in [0.717, 1.165) is 17.2 Å². The van der Waals surface area contributed by atoms with Gasteiger partial charge in [0.05, 0.1) is 16.1 Å². The first-order valence-corrected chi connectivity index (χ1v) is 9.77. The van der Waals surface area contributed by atoms with Gasteiger partial charge in [-0.25, -0.2) is 13.1 Å². The third-order valence-electron chi connectivity index (χ3n) is 4.00. The van der Waals surface area contributed by atoms with E-state index in [0.29, 0.717) is 0 Å². The molecule has 1 amide bonds. The van der Waals surface area contributed by atoms with Gasteiger partial charge in [-0.3, -0.25) is 15.6 Å². The number of carbonyl (C=O) groups is 1. The van der Waals surface area contributed by atoms with Crippen LogP contribution in [-0.2, 0) is 21.0 Å². The Balaban J connectivity index is 1.89. The quantitative estimate of drug-likeness (QED) is 0.607. The predicted octanol–water partition coefficient (Wildman–Crippen LogP) is 3.13. The van der Waals surface area contributed by atoms with Crippen molar-refractivity contribution in [3.05, 3.63) is 59.2 Å². The minimum absolute atomic E-state index is 0.0771. The number of nitrogens with one attached hydrogen (secondary N) is 3. The fraction of sp³-hybridized carbons (Fsp3) is 0.278. The number of hydrogen-bond acceptors (Lipinski definition) is 4. The van der Waals surface area contributed by atoms with Crippen LogP contribution < -0.4 is 15.6 Å². The molecule has 152 valence electrons. The molecule has 3 N–H and O–H groups in total. The van der Waals surface area contributed by atoms with Gasteiger partial charge < -0.3 is 0 Å². The van der Waals surface area contributed by atoms with E-state index in [-0.39, 0.29) is 23.5 Å². The number of hydrogen-bond donors (Lipinski definition) is 3. The van der Waals surface area contributed by atoms with Gasteiger partial charge in [0.15, 0.2) is 0 Å². The number of sulfonamides is 1. The lowest BCUT2D eigenvalue weighted by molar-refractivity contribution is -0.137. The summed E-state index contributed by atoms with van der Waals surface area (Å²) >= 11 is 0. The van der Waals surface area contributed by atoms with Gasteiger partial charge in [0.2, 0.25) is 15.9 Å². The van der Waals surface area contributed by atoms with E-state index in [9.17, 15) is 26.4 Å². The van der Waals surface area contributed by atoms with Crippen LogP contribution >= 0.6 is 0 Å². The lowest BCUT2D eigenvalue weighted by Crippen LogP contribution is -2.34. The molecule has 0 spiro atoms. The Morgan fingerprint density at radius 3 is 2.36 bits per heavy atom. The minimum Gasteiger partial charge on any atom is -0.298 e. The molecule has 2 aromatic rings. The third-order valence-corrected chi connectivity index (χ3v) is 5.46. The van der Waals surface area contributed by atoms with Crippen molar-refractivity contribution in [1.29, 1.82) is 0 Å². The number of rotatable bonds is 7. The zero-order valence-corrected chi connectivity index (χ0v) is 16.0. The Kier molecular flexibility index (Phi) is 6.68. The molecule has 10 heteroatoms. The standard InChI is InChI=1S/C18H20F3N3O3S/c1-12-7-8-14(11-13(12)2)28(26,27)22-10-9-17(25)24-23-16-6-4-3-5-15(16)18(19,20)21/h3-8,11,22-23H,9-10H2,1-2H3,(H,24,25). The average Bonchev–Trinajstić information content (AvgIpc) is 2.61. The highest BCUT2D eigenvalue weighted by molar-refractivity contribution is 7.89. The molecule has 0 unspecified atom stereocenters. The summed E-state index contributed by atoms with van der Waals surface area (Å²) in [6.07, 6.45) is -4.83. The van der Waals surface area contributed by atoms with E-state index in [4.69, 9.17) is 0 Å². The van der Waals surface area contributed by atoms with Gasteiger partial charge in [-0.2, -0.15) is 13.2 Å². The molecule has 2 aromatic carbocycles. The van der Waals surface area contributed by atoms with Crippen LogP contribution in [-0.4, -0.2) is 20.9 Å². The summed E-state index contributed by atoms with van der Waals surface area (Å²) in [6, 6.07) is 9.34. The number of halogens is 3. The summed E-state index contributed by atoms with van der Waals surface area (Å²) in [7, 11) is -3.79. The van der Waals surface area contributed by atoms with Crippen molar-refractivity contribution in [2.24, 2.45) is 0 Å². The van der Waals surface area contributed by atoms with E-state index in [2.05, 4.69) is 15.6 Å². The second-order valence-corrected chi connectivity index (χ2v) is 7.88. The molecule has 0 atom stereocenters. The number of carbonyl (C=O) groups excluding carboxylic acids is 1. The molecular weight excluding hydrogens is 395 g/mol. The van der Waals surface area contributed by atoms with Crippen molar-refractivity contribution in [2.45, 2.75) is 31.3 Å². The van der Waals surface area contributed by atoms with Crippen molar-refractivity contribution in [3.8, 4) is 0 Å². The summed E-state index contributed by atoms with van der Waals surface area (Å²) in [5, 5.41) is 0. The topological polar surface area (TPSA) is 87.3 Å². The molecule has 0 radical (unpaired) electrons. The van der Waals surface area contributed by atoms with Crippen LogP contribution in [0.15, 0.2) is 47.4 Å². The Hall–Kier alpha value is -2.59. The largest absolute Gasteiger partial charge is 0.418 e. The maximum absolute atomic E-state index is 12.9. The summed E-state index contributed by atoms with van der Waals surface area (Å²) in [5.41, 5.74) is 4.88. The average molecular weight is 415 g/mol. The van der Waals surface area contributed by atoms with Crippen molar-refractivity contribution in [2.75, 3.05) is 12.0 Å². The third kappa shape index (κ3) is 5.70. The van der Waals surface area contributed by atoms with Gasteiger partial charge in [-0.1, -0.05) is 18.2 Å². The Morgan fingerprint density at radius 2 is 1.71 bits per heavy atom. The number of anilines is 1. The summed E-state index contributed by atoms with van der Waals surface area (Å²) in [6.45, 7) is 3.43. The number of benzene rings is 2. The van der Waals surface area contributed by atoms with Crippen LogP contribution in [0.2, 0.25) is 0 Å². The van der Waals surface area contributed by atoms with Crippen LogP contribution in [0.5, 0.6) is 0 Å². The van der Waals surface area contributed by atoms with Crippen LogP contribution in [0.1, 0.15) is 23.1 Å². The highest BCUT2D eigenvalue weighted by Gasteiger charge is 2.33. The molecule has 0 aliphatic rings. The fourth-order valence-electron chi connectivity index (χ4n) is 2.30. The molecule has 0 saturated carbocycles. The lowest BCUT2D eigenvalue weighted by atomic mass is 10.1. The summed E-state index contributed by atoms with van der Waals surface area (Å²) < 4.78 is 65.4. The molecule has 0 aliphatic heterocycles. The summed E-state index contributed by atoms with van der Waals surface area (Å²) in [5.74, 6) is -0.667. The Morgan fingerprint density at radius 1 is 1.04 bits per heavy atom. The van der Waals surface area contributed by atoms with Crippen molar-refractivity contribution >= 4 is 21.6 Å². The zero-order chi connectivity index (χ0) is 20.9. The van der Waals surface area contributed by atoms with Gasteiger partial charge in [0.1, 0.15) is 0 Å².